The summed E-state index contributed by atoms with van der Waals surface area (Å²) in [7, 11) is 1.49. The lowest BCUT2D eigenvalue weighted by Gasteiger charge is -2.10. The molecule has 2 aromatic rings. The zero-order valence-corrected chi connectivity index (χ0v) is 14.2. The summed E-state index contributed by atoms with van der Waals surface area (Å²) >= 11 is 0. The molecule has 0 fully saturated rings. The third kappa shape index (κ3) is 4.97. The number of ether oxygens (including phenoxy) is 2. The van der Waals surface area contributed by atoms with Crippen LogP contribution in [-0.4, -0.2) is 37.2 Å². The fourth-order valence-electron chi connectivity index (χ4n) is 2.37. The minimum atomic E-state index is -1.01. The molecule has 0 saturated carbocycles. The molecule has 6 nitrogen and oxygen atoms in total. The van der Waals surface area contributed by atoms with Crippen LogP contribution in [0.5, 0.6) is 11.5 Å². The van der Waals surface area contributed by atoms with Crippen LogP contribution in [0.3, 0.4) is 0 Å². The van der Waals surface area contributed by atoms with Gasteiger partial charge in [-0.3, -0.25) is 4.79 Å². The number of benzene rings is 2. The molecule has 25 heavy (non-hydrogen) atoms. The van der Waals surface area contributed by atoms with E-state index < -0.39 is 5.97 Å². The Kier molecular flexibility index (Phi) is 6.39. The number of hydrogen-bond acceptors (Lipinski definition) is 4. The van der Waals surface area contributed by atoms with E-state index in [4.69, 9.17) is 14.6 Å². The predicted molar refractivity (Wildman–Crippen MR) is 93.6 cm³/mol. The lowest BCUT2D eigenvalue weighted by Crippen LogP contribution is -2.25. The number of amides is 1. The summed E-state index contributed by atoms with van der Waals surface area (Å²) in [6, 6.07) is 11.6. The number of methoxy groups -OCH3 is 1. The molecular formula is C19H21NO5. The fourth-order valence-corrected chi connectivity index (χ4v) is 2.37. The molecule has 0 heterocycles. The fraction of sp³-hybridized carbons (Fsp3) is 0.263. The van der Waals surface area contributed by atoms with Gasteiger partial charge < -0.3 is 19.9 Å². The monoisotopic (exact) mass is 343 g/mol. The molecule has 0 aliphatic heterocycles. The van der Waals surface area contributed by atoms with Crippen molar-refractivity contribution in [1.82, 2.24) is 5.32 Å². The van der Waals surface area contributed by atoms with E-state index in [-0.39, 0.29) is 11.5 Å². The van der Waals surface area contributed by atoms with Crippen LogP contribution in [0.15, 0.2) is 42.5 Å². The van der Waals surface area contributed by atoms with Gasteiger partial charge in [0.05, 0.1) is 19.3 Å². The molecule has 1 amide bonds. The third-order valence-electron chi connectivity index (χ3n) is 3.64. The van der Waals surface area contributed by atoms with Crippen molar-refractivity contribution in [2.45, 2.75) is 13.3 Å². The normalized spacial score (nSPS) is 10.2. The van der Waals surface area contributed by atoms with E-state index in [1.54, 1.807) is 30.3 Å². The Bertz CT molecular complexity index is 740. The summed E-state index contributed by atoms with van der Waals surface area (Å²) in [5.41, 5.74) is 1.55. The van der Waals surface area contributed by atoms with Gasteiger partial charge in [-0.2, -0.15) is 0 Å². The number of nitrogens with one attached hydrogen (secondary N) is 1. The van der Waals surface area contributed by atoms with Crippen molar-refractivity contribution in [3.8, 4) is 11.5 Å². The maximum Gasteiger partial charge on any atom is 0.335 e. The maximum absolute atomic E-state index is 12.1. The van der Waals surface area contributed by atoms with Crippen LogP contribution in [0.2, 0.25) is 0 Å². The van der Waals surface area contributed by atoms with Crippen molar-refractivity contribution in [2.75, 3.05) is 20.3 Å². The van der Waals surface area contributed by atoms with E-state index in [0.717, 1.165) is 11.3 Å². The predicted octanol–water partition coefficient (Wildman–Crippen LogP) is 2.76. The maximum atomic E-state index is 12.1. The van der Waals surface area contributed by atoms with Crippen molar-refractivity contribution in [3.05, 3.63) is 59.2 Å². The molecule has 132 valence electrons. The lowest BCUT2D eigenvalue weighted by atomic mass is 10.1. The number of carbonyl (C=O) groups is 2. The Morgan fingerprint density at radius 2 is 1.76 bits per heavy atom. The summed E-state index contributed by atoms with van der Waals surface area (Å²) in [5, 5.41) is 11.8. The second-order valence-corrected chi connectivity index (χ2v) is 5.30. The zero-order chi connectivity index (χ0) is 18.2. The Balaban J connectivity index is 1.93. The molecule has 0 bridgehead atoms. The Morgan fingerprint density at radius 1 is 1.08 bits per heavy atom. The molecule has 2 N–H and O–H groups in total. The molecule has 0 saturated heterocycles. The number of carboxylic acid groups (broad SMARTS) is 1. The highest BCUT2D eigenvalue weighted by Gasteiger charge is 2.10. The van der Waals surface area contributed by atoms with Gasteiger partial charge in [0.25, 0.3) is 5.91 Å². The molecule has 0 aliphatic rings. The number of carbonyl (C=O) groups excluding carboxylic acids is 1. The molecule has 2 aromatic carbocycles. The van der Waals surface area contributed by atoms with Crippen LogP contribution >= 0.6 is 0 Å². The lowest BCUT2D eigenvalue weighted by molar-refractivity contribution is 0.0696. The van der Waals surface area contributed by atoms with Gasteiger partial charge >= 0.3 is 5.97 Å². The van der Waals surface area contributed by atoms with Gasteiger partial charge in [0.15, 0.2) is 0 Å². The number of aromatic carboxylic acids is 1. The highest BCUT2D eigenvalue weighted by molar-refractivity contribution is 5.94. The first kappa shape index (κ1) is 18.3. The van der Waals surface area contributed by atoms with Gasteiger partial charge in [0.1, 0.15) is 11.5 Å². The Morgan fingerprint density at radius 3 is 2.36 bits per heavy atom. The van der Waals surface area contributed by atoms with Crippen LogP contribution in [-0.2, 0) is 6.42 Å². The van der Waals surface area contributed by atoms with Crippen LogP contribution in [0, 0.1) is 0 Å². The summed E-state index contributed by atoms with van der Waals surface area (Å²) in [6.45, 7) is 2.89. The molecule has 0 spiro atoms. The Labute approximate surface area is 146 Å². The zero-order valence-electron chi connectivity index (χ0n) is 14.2. The Hall–Kier alpha value is -3.02. The molecule has 0 atom stereocenters. The van der Waals surface area contributed by atoms with E-state index in [1.165, 1.54) is 19.2 Å². The van der Waals surface area contributed by atoms with E-state index in [0.29, 0.717) is 30.9 Å². The van der Waals surface area contributed by atoms with Crippen molar-refractivity contribution >= 4 is 11.9 Å². The summed E-state index contributed by atoms with van der Waals surface area (Å²) in [4.78, 5) is 23.1. The first-order valence-electron chi connectivity index (χ1n) is 7.96. The third-order valence-corrected chi connectivity index (χ3v) is 3.64. The highest BCUT2D eigenvalue weighted by Crippen LogP contribution is 2.20. The van der Waals surface area contributed by atoms with Crippen LogP contribution < -0.4 is 14.8 Å². The quantitative estimate of drug-likeness (QED) is 0.770. The van der Waals surface area contributed by atoms with Crippen LogP contribution in [0.1, 0.15) is 33.2 Å². The van der Waals surface area contributed by atoms with Gasteiger partial charge in [-0.1, -0.05) is 6.07 Å². The minimum absolute atomic E-state index is 0.166. The highest BCUT2D eigenvalue weighted by atomic mass is 16.5. The van der Waals surface area contributed by atoms with Crippen molar-refractivity contribution in [2.24, 2.45) is 0 Å². The van der Waals surface area contributed by atoms with Crippen molar-refractivity contribution < 1.29 is 24.2 Å². The van der Waals surface area contributed by atoms with E-state index in [9.17, 15) is 9.59 Å². The van der Waals surface area contributed by atoms with E-state index in [1.807, 2.05) is 6.92 Å². The van der Waals surface area contributed by atoms with Crippen LogP contribution in [0.4, 0.5) is 0 Å². The summed E-state index contributed by atoms with van der Waals surface area (Å²) in [5.74, 6) is 0.0374. The average Bonchev–Trinajstić information content (AvgIpc) is 2.62. The first-order valence-corrected chi connectivity index (χ1v) is 7.96. The second-order valence-electron chi connectivity index (χ2n) is 5.30. The van der Waals surface area contributed by atoms with Gasteiger partial charge in [0.2, 0.25) is 0 Å². The number of hydrogen-bond donors (Lipinski definition) is 2. The topological polar surface area (TPSA) is 84.9 Å². The standard InChI is InChI=1S/C19H21NO5/c1-3-25-16-8-6-14(7-9-16)18(21)20-11-10-13-4-5-15(19(22)23)12-17(13)24-2/h4-9,12H,3,10-11H2,1-2H3,(H,20,21)(H,22,23). The largest absolute Gasteiger partial charge is 0.496 e. The summed E-state index contributed by atoms with van der Waals surface area (Å²) in [6.07, 6.45) is 0.534. The first-order chi connectivity index (χ1) is 12.0. The molecule has 0 radical (unpaired) electrons. The molecule has 2 rings (SSSR count). The molecule has 0 aliphatic carbocycles. The SMILES string of the molecule is CCOc1ccc(C(=O)NCCc2ccc(C(=O)O)cc2OC)cc1. The average molecular weight is 343 g/mol. The van der Waals surface area contributed by atoms with Crippen molar-refractivity contribution in [1.29, 1.82) is 0 Å². The molecule has 0 aromatic heterocycles. The van der Waals surface area contributed by atoms with Gasteiger partial charge in [-0.15, -0.1) is 0 Å². The van der Waals surface area contributed by atoms with E-state index >= 15 is 0 Å². The number of rotatable bonds is 8. The number of carboxylic acids is 1. The molecular weight excluding hydrogens is 322 g/mol. The second kappa shape index (κ2) is 8.73. The minimum Gasteiger partial charge on any atom is -0.496 e. The van der Waals surface area contributed by atoms with Gasteiger partial charge in [-0.25, -0.2) is 4.79 Å². The van der Waals surface area contributed by atoms with Gasteiger partial charge in [0, 0.05) is 12.1 Å². The summed E-state index contributed by atoms with van der Waals surface area (Å²) < 4.78 is 10.6. The van der Waals surface area contributed by atoms with Crippen molar-refractivity contribution in [3.63, 3.8) is 0 Å². The molecule has 0 unspecified atom stereocenters. The van der Waals surface area contributed by atoms with Gasteiger partial charge in [-0.05, 0) is 55.3 Å². The van der Waals surface area contributed by atoms with E-state index in [2.05, 4.69) is 5.32 Å². The van der Waals surface area contributed by atoms with Crippen LogP contribution in [0.25, 0.3) is 0 Å². The molecule has 6 heteroatoms. The smallest absolute Gasteiger partial charge is 0.335 e.